The molecule has 0 aromatic heterocycles. The van der Waals surface area contributed by atoms with E-state index in [0.29, 0.717) is 31.8 Å². The van der Waals surface area contributed by atoms with E-state index in [-0.39, 0.29) is 30.2 Å². The number of hydrogen-bond donors (Lipinski definition) is 0. The second-order valence-corrected chi connectivity index (χ2v) is 8.13. The van der Waals surface area contributed by atoms with Crippen molar-refractivity contribution >= 4 is 5.97 Å². The Morgan fingerprint density at radius 1 is 1.42 bits per heavy atom. The highest BCUT2D eigenvalue weighted by atomic mass is 19.1. The van der Waals surface area contributed by atoms with Crippen molar-refractivity contribution in [3.63, 3.8) is 0 Å². The Bertz CT molecular complexity index is 500. The lowest BCUT2D eigenvalue weighted by Gasteiger charge is -2.30. The van der Waals surface area contributed by atoms with Crippen LogP contribution in [0.1, 0.15) is 71.6 Å². The first-order valence-electron chi connectivity index (χ1n) is 10.4. The zero-order chi connectivity index (χ0) is 18.5. The smallest absolute Gasteiger partial charge is 0.306 e. The Kier molecular flexibility index (Phi) is 6.96. The number of esters is 1. The van der Waals surface area contributed by atoms with Gasteiger partial charge in [-0.05, 0) is 37.7 Å². The molecule has 3 fully saturated rings. The van der Waals surface area contributed by atoms with Crippen molar-refractivity contribution in [3.8, 4) is 0 Å². The van der Waals surface area contributed by atoms with Gasteiger partial charge in [-0.2, -0.15) is 0 Å². The molecule has 26 heavy (non-hydrogen) atoms. The molecule has 0 N–H and O–H groups in total. The zero-order valence-electron chi connectivity index (χ0n) is 16.1. The topological polar surface area (TPSA) is 44.8 Å². The van der Waals surface area contributed by atoms with E-state index in [4.69, 9.17) is 14.2 Å². The van der Waals surface area contributed by atoms with E-state index < -0.39 is 6.17 Å². The molecule has 0 aromatic carbocycles. The van der Waals surface area contributed by atoms with Crippen LogP contribution in [-0.2, 0) is 19.0 Å². The maximum absolute atomic E-state index is 14.2. The molecule has 0 aromatic rings. The van der Waals surface area contributed by atoms with Gasteiger partial charge in [0.2, 0.25) is 0 Å². The second kappa shape index (κ2) is 9.20. The number of allylic oxidation sites excluding steroid dienone is 2. The van der Waals surface area contributed by atoms with Crippen molar-refractivity contribution in [2.45, 2.75) is 90.2 Å². The van der Waals surface area contributed by atoms with Gasteiger partial charge < -0.3 is 14.2 Å². The van der Waals surface area contributed by atoms with Crippen molar-refractivity contribution < 1.29 is 23.4 Å². The van der Waals surface area contributed by atoms with E-state index in [9.17, 15) is 9.18 Å². The second-order valence-electron chi connectivity index (χ2n) is 8.13. The number of fused-ring (bicyclic) bond motifs is 1. The van der Waals surface area contributed by atoms with Crippen molar-refractivity contribution in [3.05, 3.63) is 11.8 Å². The fourth-order valence-corrected chi connectivity index (χ4v) is 4.64. The zero-order valence-corrected chi connectivity index (χ0v) is 16.1. The third-order valence-electron chi connectivity index (χ3n) is 6.02. The maximum atomic E-state index is 14.2. The normalized spacial score (nSPS) is 35.9. The molecule has 5 heteroatoms. The standard InChI is InChI=1S/C21H33FO4/c1-3-4-7-15(22)9-10-17(26-20-8-5-6-11-24-20)21-14(2)12-18-16(21)13-19(23)25-18/h10,14-16,18,20-21H,3-9,11-13H2,1-2H3/t14-,15?,16+,18-,20?,21+/m1/s1. The first-order valence-corrected chi connectivity index (χ1v) is 10.4. The number of unbranched alkanes of at least 4 members (excludes halogenated alkanes) is 1. The summed E-state index contributed by atoms with van der Waals surface area (Å²) in [6.45, 7) is 4.97. The summed E-state index contributed by atoms with van der Waals surface area (Å²) >= 11 is 0. The molecular weight excluding hydrogens is 335 g/mol. The van der Waals surface area contributed by atoms with Gasteiger partial charge in [-0.15, -0.1) is 0 Å². The number of rotatable bonds is 8. The molecule has 0 radical (unpaired) electrons. The number of hydrogen-bond acceptors (Lipinski definition) is 4. The molecule has 2 heterocycles. The van der Waals surface area contributed by atoms with Crippen LogP contribution in [0.25, 0.3) is 0 Å². The van der Waals surface area contributed by atoms with Crippen LogP contribution in [0.4, 0.5) is 4.39 Å². The minimum absolute atomic E-state index is 0.0111. The molecule has 0 spiro atoms. The average molecular weight is 368 g/mol. The molecule has 4 nitrogen and oxygen atoms in total. The average Bonchev–Trinajstić information content (AvgIpc) is 3.12. The van der Waals surface area contributed by atoms with Crippen LogP contribution < -0.4 is 0 Å². The monoisotopic (exact) mass is 368 g/mol. The van der Waals surface area contributed by atoms with E-state index in [2.05, 4.69) is 13.8 Å². The van der Waals surface area contributed by atoms with Crippen molar-refractivity contribution in [2.24, 2.45) is 17.8 Å². The predicted octanol–water partition coefficient (Wildman–Crippen LogP) is 4.92. The maximum Gasteiger partial charge on any atom is 0.306 e. The molecule has 0 bridgehead atoms. The van der Waals surface area contributed by atoms with Crippen molar-refractivity contribution in [1.29, 1.82) is 0 Å². The molecule has 0 amide bonds. The molecular formula is C21H33FO4. The minimum atomic E-state index is -0.838. The van der Waals surface area contributed by atoms with E-state index >= 15 is 0 Å². The Morgan fingerprint density at radius 3 is 3.00 bits per heavy atom. The summed E-state index contributed by atoms with van der Waals surface area (Å²) in [6, 6.07) is 0. The van der Waals surface area contributed by atoms with Gasteiger partial charge >= 0.3 is 5.97 Å². The summed E-state index contributed by atoms with van der Waals surface area (Å²) in [4.78, 5) is 11.7. The molecule has 6 atom stereocenters. The van der Waals surface area contributed by atoms with Gasteiger partial charge in [-0.1, -0.05) is 26.7 Å². The largest absolute Gasteiger partial charge is 0.469 e. The Hall–Kier alpha value is -1.10. The number of ether oxygens (including phenoxy) is 3. The lowest BCUT2D eigenvalue weighted by Crippen LogP contribution is -2.27. The van der Waals surface area contributed by atoms with Crippen molar-refractivity contribution in [1.82, 2.24) is 0 Å². The van der Waals surface area contributed by atoms with Crippen LogP contribution in [0, 0.1) is 17.8 Å². The number of halogens is 1. The highest BCUT2D eigenvalue weighted by Crippen LogP contribution is 2.48. The minimum Gasteiger partial charge on any atom is -0.469 e. The van der Waals surface area contributed by atoms with Gasteiger partial charge in [0, 0.05) is 24.7 Å². The molecule has 2 saturated heterocycles. The lowest BCUT2D eigenvalue weighted by atomic mass is 9.86. The van der Waals surface area contributed by atoms with Gasteiger partial charge in [0.25, 0.3) is 0 Å². The molecule has 1 saturated carbocycles. The fourth-order valence-electron chi connectivity index (χ4n) is 4.64. The third-order valence-corrected chi connectivity index (χ3v) is 6.02. The number of carbonyl (C=O) groups is 1. The summed E-state index contributed by atoms with van der Waals surface area (Å²) < 4.78 is 31.7. The van der Waals surface area contributed by atoms with Crippen LogP contribution in [0.3, 0.4) is 0 Å². The summed E-state index contributed by atoms with van der Waals surface area (Å²) in [7, 11) is 0. The van der Waals surface area contributed by atoms with Crippen LogP contribution in [0.5, 0.6) is 0 Å². The van der Waals surface area contributed by atoms with Gasteiger partial charge in [-0.25, -0.2) is 4.39 Å². The highest BCUT2D eigenvalue weighted by Gasteiger charge is 2.50. The fraction of sp³-hybridized carbons (Fsp3) is 0.857. The Morgan fingerprint density at radius 2 is 2.27 bits per heavy atom. The molecule has 148 valence electrons. The van der Waals surface area contributed by atoms with Gasteiger partial charge in [0.05, 0.1) is 18.8 Å². The Labute approximate surface area is 156 Å². The van der Waals surface area contributed by atoms with Gasteiger partial charge in [0.1, 0.15) is 12.3 Å². The number of alkyl halides is 1. The van der Waals surface area contributed by atoms with Crippen molar-refractivity contribution in [2.75, 3.05) is 6.61 Å². The van der Waals surface area contributed by atoms with Crippen LogP contribution in [0.2, 0.25) is 0 Å². The summed E-state index contributed by atoms with van der Waals surface area (Å²) in [5.74, 6) is 1.35. The van der Waals surface area contributed by atoms with Crippen LogP contribution in [-0.4, -0.2) is 31.1 Å². The van der Waals surface area contributed by atoms with E-state index in [1.807, 2.05) is 6.08 Å². The summed E-state index contributed by atoms with van der Waals surface area (Å²) in [5, 5.41) is 0. The summed E-state index contributed by atoms with van der Waals surface area (Å²) in [6.07, 6.45) is 8.06. The number of carbonyl (C=O) groups excluding carboxylic acids is 1. The lowest BCUT2D eigenvalue weighted by molar-refractivity contribution is -0.146. The van der Waals surface area contributed by atoms with Gasteiger partial charge in [0.15, 0.2) is 6.29 Å². The SMILES string of the molecule is CCCCC(F)CC=C(OC1CCCCO1)[C@@H]1[C@H]2CC(=O)O[C@@H]2C[C@H]1C. The van der Waals surface area contributed by atoms with Gasteiger partial charge in [-0.3, -0.25) is 4.79 Å². The molecule has 1 aliphatic carbocycles. The van der Waals surface area contributed by atoms with E-state index in [0.717, 1.165) is 44.3 Å². The molecule has 3 rings (SSSR count). The Balaban J connectivity index is 1.71. The first kappa shape index (κ1) is 19.7. The van der Waals surface area contributed by atoms with E-state index in [1.165, 1.54) is 0 Å². The van der Waals surface area contributed by atoms with E-state index in [1.54, 1.807) is 0 Å². The summed E-state index contributed by atoms with van der Waals surface area (Å²) in [5.41, 5.74) is 0. The molecule has 2 unspecified atom stereocenters. The first-order chi connectivity index (χ1) is 12.6. The quantitative estimate of drug-likeness (QED) is 0.451. The highest BCUT2D eigenvalue weighted by molar-refractivity contribution is 5.72. The molecule has 2 aliphatic heterocycles. The van der Waals surface area contributed by atoms with Crippen LogP contribution in [0.15, 0.2) is 11.8 Å². The van der Waals surface area contributed by atoms with Crippen LogP contribution >= 0.6 is 0 Å². The third kappa shape index (κ3) is 4.79. The predicted molar refractivity (Wildman–Crippen MR) is 97.1 cm³/mol. The molecule has 3 aliphatic rings.